The number of hydrogen-bond donors (Lipinski definition) is 1. The van der Waals surface area contributed by atoms with Crippen molar-refractivity contribution in [3.05, 3.63) is 30.1 Å². The van der Waals surface area contributed by atoms with E-state index in [1.54, 1.807) is 0 Å². The molecule has 0 bridgehead atoms. The molecule has 1 aromatic rings. The van der Waals surface area contributed by atoms with E-state index in [-0.39, 0.29) is 5.82 Å². The molecule has 1 atom stereocenters. The summed E-state index contributed by atoms with van der Waals surface area (Å²) in [6, 6.07) is 6.77. The van der Waals surface area contributed by atoms with Crippen molar-refractivity contribution in [2.45, 2.75) is 17.7 Å². The first-order valence-corrected chi connectivity index (χ1v) is 6.42. The normalized spacial score (nSPS) is 21.5. The van der Waals surface area contributed by atoms with Gasteiger partial charge in [-0.2, -0.15) is 0 Å². The highest BCUT2D eigenvalue weighted by molar-refractivity contribution is 7.99. The monoisotopic (exact) mass is 225 g/mol. The predicted molar refractivity (Wildman–Crippen MR) is 62.7 cm³/mol. The number of rotatable bonds is 3. The summed E-state index contributed by atoms with van der Waals surface area (Å²) in [5, 5.41) is 3.41. The van der Waals surface area contributed by atoms with E-state index in [1.165, 1.54) is 29.9 Å². The summed E-state index contributed by atoms with van der Waals surface area (Å²) in [6.07, 6.45) is 2.61. The van der Waals surface area contributed by atoms with Gasteiger partial charge in [0.15, 0.2) is 0 Å². The fraction of sp³-hybridized carbons (Fsp3) is 0.500. The molecule has 15 heavy (non-hydrogen) atoms. The van der Waals surface area contributed by atoms with Gasteiger partial charge in [0, 0.05) is 10.6 Å². The van der Waals surface area contributed by atoms with Crippen LogP contribution in [0.3, 0.4) is 0 Å². The van der Waals surface area contributed by atoms with E-state index in [9.17, 15) is 4.39 Å². The average molecular weight is 225 g/mol. The molecule has 82 valence electrons. The highest BCUT2D eigenvalue weighted by Gasteiger charge is 2.12. The molecule has 1 aliphatic rings. The van der Waals surface area contributed by atoms with Crippen molar-refractivity contribution in [3.8, 4) is 0 Å². The van der Waals surface area contributed by atoms with Crippen molar-refractivity contribution < 1.29 is 4.39 Å². The second-order valence-corrected chi connectivity index (χ2v) is 5.07. The minimum Gasteiger partial charge on any atom is -0.316 e. The number of thioether (sulfide) groups is 1. The van der Waals surface area contributed by atoms with E-state index >= 15 is 0 Å². The number of piperidine rings is 1. The lowest BCUT2D eigenvalue weighted by atomic mass is 10.0. The van der Waals surface area contributed by atoms with Crippen LogP contribution in [0.1, 0.15) is 12.8 Å². The zero-order valence-corrected chi connectivity index (χ0v) is 9.52. The van der Waals surface area contributed by atoms with Crippen LogP contribution >= 0.6 is 11.8 Å². The van der Waals surface area contributed by atoms with Crippen molar-refractivity contribution >= 4 is 11.8 Å². The lowest BCUT2D eigenvalue weighted by Gasteiger charge is -2.22. The first-order valence-electron chi connectivity index (χ1n) is 5.44. The third-order valence-corrected chi connectivity index (χ3v) is 3.94. The van der Waals surface area contributed by atoms with E-state index in [0.29, 0.717) is 0 Å². The van der Waals surface area contributed by atoms with E-state index in [4.69, 9.17) is 0 Å². The lowest BCUT2D eigenvalue weighted by molar-refractivity contribution is 0.410. The van der Waals surface area contributed by atoms with E-state index in [0.717, 1.165) is 24.8 Å². The van der Waals surface area contributed by atoms with Crippen LogP contribution in [0.4, 0.5) is 4.39 Å². The van der Waals surface area contributed by atoms with Crippen LogP contribution in [-0.2, 0) is 0 Å². The van der Waals surface area contributed by atoms with Crippen molar-refractivity contribution in [1.82, 2.24) is 5.32 Å². The second kappa shape index (κ2) is 5.52. The predicted octanol–water partition coefficient (Wildman–Crippen LogP) is 2.92. The van der Waals surface area contributed by atoms with Gasteiger partial charge in [0.05, 0.1) is 0 Å². The van der Waals surface area contributed by atoms with Crippen molar-refractivity contribution in [3.63, 3.8) is 0 Å². The fourth-order valence-corrected chi connectivity index (χ4v) is 2.85. The standard InChI is InChI=1S/C12H16FNS/c13-11-3-5-12(6-4-11)15-9-10-2-1-7-14-8-10/h3-6,10,14H,1-2,7-9H2/t10-/m1/s1. The SMILES string of the molecule is Fc1ccc(SC[C@@H]2CCCNC2)cc1. The quantitative estimate of drug-likeness (QED) is 0.794. The molecule has 0 spiro atoms. The molecule has 0 aliphatic carbocycles. The van der Waals surface area contributed by atoms with Crippen LogP contribution in [0.2, 0.25) is 0 Å². The molecule has 1 fully saturated rings. The van der Waals surface area contributed by atoms with Crippen LogP contribution in [0.5, 0.6) is 0 Å². The Morgan fingerprint density at radius 3 is 2.80 bits per heavy atom. The van der Waals surface area contributed by atoms with Gasteiger partial charge in [-0.05, 0) is 56.1 Å². The van der Waals surface area contributed by atoms with Crippen LogP contribution in [0, 0.1) is 11.7 Å². The Balaban J connectivity index is 1.79. The Morgan fingerprint density at radius 2 is 2.13 bits per heavy atom. The maximum absolute atomic E-state index is 12.7. The molecule has 1 nitrogen and oxygen atoms in total. The first-order chi connectivity index (χ1) is 7.34. The number of benzene rings is 1. The fourth-order valence-electron chi connectivity index (χ4n) is 1.81. The third-order valence-electron chi connectivity index (χ3n) is 2.70. The smallest absolute Gasteiger partial charge is 0.123 e. The van der Waals surface area contributed by atoms with Gasteiger partial charge in [-0.15, -0.1) is 11.8 Å². The maximum atomic E-state index is 12.7. The van der Waals surface area contributed by atoms with Crippen LogP contribution < -0.4 is 5.32 Å². The largest absolute Gasteiger partial charge is 0.316 e. The molecular weight excluding hydrogens is 209 g/mol. The van der Waals surface area contributed by atoms with E-state index < -0.39 is 0 Å². The minimum atomic E-state index is -0.154. The first kappa shape index (κ1) is 11.0. The van der Waals surface area contributed by atoms with Gasteiger partial charge in [-0.1, -0.05) is 0 Å². The molecule has 3 heteroatoms. The molecule has 0 aromatic heterocycles. The summed E-state index contributed by atoms with van der Waals surface area (Å²) >= 11 is 1.83. The lowest BCUT2D eigenvalue weighted by Crippen LogP contribution is -2.30. The Morgan fingerprint density at radius 1 is 1.33 bits per heavy atom. The number of halogens is 1. The Hall–Kier alpha value is -0.540. The van der Waals surface area contributed by atoms with E-state index in [1.807, 2.05) is 23.9 Å². The molecule has 1 N–H and O–H groups in total. The topological polar surface area (TPSA) is 12.0 Å². The molecule has 1 aliphatic heterocycles. The summed E-state index contributed by atoms with van der Waals surface area (Å²) in [4.78, 5) is 1.17. The van der Waals surface area contributed by atoms with Crippen molar-refractivity contribution in [1.29, 1.82) is 0 Å². The molecular formula is C12H16FNS. The molecule has 0 amide bonds. The van der Waals surface area contributed by atoms with Gasteiger partial charge < -0.3 is 5.32 Å². The highest BCUT2D eigenvalue weighted by atomic mass is 32.2. The third kappa shape index (κ3) is 3.50. The average Bonchev–Trinajstić information content (AvgIpc) is 2.30. The van der Waals surface area contributed by atoms with Gasteiger partial charge in [0.25, 0.3) is 0 Å². The number of hydrogen-bond acceptors (Lipinski definition) is 2. The Labute approximate surface area is 94.5 Å². The summed E-state index contributed by atoms with van der Waals surface area (Å²) < 4.78 is 12.7. The molecule has 1 saturated heterocycles. The van der Waals surface area contributed by atoms with Gasteiger partial charge in [0.2, 0.25) is 0 Å². The Kier molecular flexibility index (Phi) is 4.03. The summed E-state index contributed by atoms with van der Waals surface area (Å²) in [5.74, 6) is 1.76. The van der Waals surface area contributed by atoms with Crippen LogP contribution in [0.15, 0.2) is 29.2 Å². The molecule has 1 heterocycles. The number of nitrogens with one attached hydrogen (secondary N) is 1. The zero-order chi connectivity index (χ0) is 10.5. The van der Waals surface area contributed by atoms with Gasteiger partial charge >= 0.3 is 0 Å². The van der Waals surface area contributed by atoms with Crippen molar-refractivity contribution in [2.75, 3.05) is 18.8 Å². The van der Waals surface area contributed by atoms with Gasteiger partial charge in [0.1, 0.15) is 5.82 Å². The van der Waals surface area contributed by atoms with Gasteiger partial charge in [-0.3, -0.25) is 0 Å². The Bertz CT molecular complexity index is 293. The maximum Gasteiger partial charge on any atom is 0.123 e. The van der Waals surface area contributed by atoms with Crippen LogP contribution in [-0.4, -0.2) is 18.8 Å². The summed E-state index contributed by atoms with van der Waals surface area (Å²) in [7, 11) is 0. The molecule has 0 radical (unpaired) electrons. The minimum absolute atomic E-state index is 0.154. The highest BCUT2D eigenvalue weighted by Crippen LogP contribution is 2.23. The summed E-state index contributed by atoms with van der Waals surface area (Å²) in [5.41, 5.74) is 0. The molecule has 2 rings (SSSR count). The molecule has 1 aromatic carbocycles. The van der Waals surface area contributed by atoms with E-state index in [2.05, 4.69) is 5.32 Å². The van der Waals surface area contributed by atoms with Crippen LogP contribution in [0.25, 0.3) is 0 Å². The van der Waals surface area contributed by atoms with Gasteiger partial charge in [-0.25, -0.2) is 4.39 Å². The molecule has 0 unspecified atom stereocenters. The zero-order valence-electron chi connectivity index (χ0n) is 8.71. The molecule has 0 saturated carbocycles. The second-order valence-electron chi connectivity index (χ2n) is 3.98. The summed E-state index contributed by atoms with van der Waals surface area (Å²) in [6.45, 7) is 2.30. The van der Waals surface area contributed by atoms with Crippen molar-refractivity contribution in [2.24, 2.45) is 5.92 Å².